The van der Waals surface area contributed by atoms with Crippen molar-refractivity contribution in [3.05, 3.63) is 21.3 Å². The number of hydrogen-bond donors (Lipinski definition) is 1. The Balaban J connectivity index is 2.16. The Morgan fingerprint density at radius 1 is 1.41 bits per heavy atom. The van der Waals surface area contributed by atoms with Gasteiger partial charge in [-0.2, -0.15) is 0 Å². The quantitative estimate of drug-likeness (QED) is 0.894. The number of carbonyl (C=O) groups excluding carboxylic acids is 1. The monoisotopic (exact) mass is 272 g/mol. The molecule has 2 heterocycles. The fraction of sp³-hybridized carbons (Fsp3) is 0.583. The minimum atomic E-state index is -0.477. The van der Waals surface area contributed by atoms with E-state index >= 15 is 0 Å². The lowest BCUT2D eigenvalue weighted by molar-refractivity contribution is -0.136. The van der Waals surface area contributed by atoms with Gasteiger partial charge < -0.3 is 10.2 Å². The van der Waals surface area contributed by atoms with E-state index in [9.17, 15) is 4.79 Å². The number of piperazine rings is 1. The maximum atomic E-state index is 12.5. The molecule has 17 heavy (non-hydrogen) atoms. The first kappa shape index (κ1) is 12.9. The number of carbonyl (C=O) groups is 1. The molecule has 0 aliphatic carbocycles. The Hall–Kier alpha value is -0.580. The van der Waals surface area contributed by atoms with Gasteiger partial charge in [0.15, 0.2) is 0 Å². The molecule has 0 aromatic carbocycles. The zero-order valence-electron chi connectivity index (χ0n) is 10.1. The molecule has 1 aliphatic rings. The Morgan fingerprint density at radius 2 is 2.06 bits per heavy atom. The maximum absolute atomic E-state index is 12.5. The molecule has 5 heteroatoms. The summed E-state index contributed by atoms with van der Waals surface area (Å²) in [7, 11) is 0. The molecule has 1 saturated heterocycles. The van der Waals surface area contributed by atoms with E-state index in [4.69, 9.17) is 11.6 Å². The van der Waals surface area contributed by atoms with Crippen LogP contribution in [0, 0.1) is 0 Å². The van der Waals surface area contributed by atoms with E-state index in [0.717, 1.165) is 35.4 Å². The fourth-order valence-corrected chi connectivity index (χ4v) is 3.16. The molecule has 0 spiro atoms. The second kappa shape index (κ2) is 4.96. The molecule has 1 aliphatic heterocycles. The molecular formula is C12H17ClN2OS. The van der Waals surface area contributed by atoms with Crippen molar-refractivity contribution in [3.63, 3.8) is 0 Å². The smallest absolute Gasteiger partial charge is 0.233 e. The Labute approximate surface area is 111 Å². The van der Waals surface area contributed by atoms with Crippen LogP contribution in [-0.2, 0) is 10.2 Å². The first-order valence-corrected chi connectivity index (χ1v) is 6.97. The van der Waals surface area contributed by atoms with Crippen molar-refractivity contribution in [1.82, 2.24) is 10.2 Å². The third kappa shape index (κ3) is 2.64. The van der Waals surface area contributed by atoms with Crippen molar-refractivity contribution in [2.24, 2.45) is 0 Å². The number of halogens is 1. The minimum Gasteiger partial charge on any atom is -0.339 e. The van der Waals surface area contributed by atoms with Crippen molar-refractivity contribution < 1.29 is 4.79 Å². The Bertz CT molecular complexity index is 410. The molecular weight excluding hydrogens is 256 g/mol. The van der Waals surface area contributed by atoms with Crippen LogP contribution < -0.4 is 5.32 Å². The van der Waals surface area contributed by atoms with Crippen molar-refractivity contribution in [2.75, 3.05) is 26.2 Å². The van der Waals surface area contributed by atoms with Crippen LogP contribution in [0.15, 0.2) is 12.1 Å². The molecule has 2 rings (SSSR count). The first-order chi connectivity index (χ1) is 8.01. The second-order valence-electron chi connectivity index (χ2n) is 4.77. The maximum Gasteiger partial charge on any atom is 0.233 e. The molecule has 1 aromatic rings. The van der Waals surface area contributed by atoms with Gasteiger partial charge >= 0.3 is 0 Å². The summed E-state index contributed by atoms with van der Waals surface area (Å²) in [5, 5.41) is 3.25. The van der Waals surface area contributed by atoms with Crippen LogP contribution in [0.2, 0.25) is 4.34 Å². The van der Waals surface area contributed by atoms with Crippen LogP contribution >= 0.6 is 22.9 Å². The number of rotatable bonds is 2. The van der Waals surface area contributed by atoms with Crippen molar-refractivity contribution in [3.8, 4) is 0 Å². The molecule has 1 aromatic heterocycles. The van der Waals surface area contributed by atoms with Crippen LogP contribution in [0.1, 0.15) is 18.7 Å². The summed E-state index contributed by atoms with van der Waals surface area (Å²) in [4.78, 5) is 15.5. The van der Waals surface area contributed by atoms with Crippen LogP contribution in [-0.4, -0.2) is 37.0 Å². The number of nitrogens with one attached hydrogen (secondary N) is 1. The molecule has 94 valence electrons. The molecule has 0 saturated carbocycles. The van der Waals surface area contributed by atoms with Gasteiger partial charge in [-0.3, -0.25) is 4.79 Å². The van der Waals surface area contributed by atoms with Crippen LogP contribution in [0.4, 0.5) is 0 Å². The summed E-state index contributed by atoms with van der Waals surface area (Å²) in [5.74, 6) is 0.192. The van der Waals surface area contributed by atoms with E-state index in [-0.39, 0.29) is 5.91 Å². The molecule has 0 bridgehead atoms. The predicted molar refractivity (Wildman–Crippen MR) is 71.8 cm³/mol. The molecule has 0 unspecified atom stereocenters. The van der Waals surface area contributed by atoms with E-state index in [0.29, 0.717) is 0 Å². The molecule has 1 N–H and O–H groups in total. The van der Waals surface area contributed by atoms with E-state index in [1.807, 2.05) is 30.9 Å². The number of thiophene rings is 1. The summed E-state index contributed by atoms with van der Waals surface area (Å²) < 4.78 is 0.737. The van der Waals surface area contributed by atoms with Crippen LogP contribution in [0.5, 0.6) is 0 Å². The van der Waals surface area contributed by atoms with Gasteiger partial charge in [-0.15, -0.1) is 11.3 Å². The topological polar surface area (TPSA) is 32.3 Å². The SMILES string of the molecule is CC(C)(C(=O)N1CCNCC1)c1ccc(Cl)s1. The lowest BCUT2D eigenvalue weighted by Crippen LogP contribution is -2.51. The minimum absolute atomic E-state index is 0.192. The summed E-state index contributed by atoms with van der Waals surface area (Å²) in [6, 6.07) is 3.81. The van der Waals surface area contributed by atoms with Gasteiger partial charge in [-0.25, -0.2) is 0 Å². The van der Waals surface area contributed by atoms with E-state index < -0.39 is 5.41 Å². The average molecular weight is 273 g/mol. The summed E-state index contributed by atoms with van der Waals surface area (Å²) in [5.41, 5.74) is -0.477. The van der Waals surface area contributed by atoms with Crippen LogP contribution in [0.25, 0.3) is 0 Å². The summed E-state index contributed by atoms with van der Waals surface area (Å²) >= 11 is 7.43. The zero-order valence-corrected chi connectivity index (χ0v) is 11.7. The lowest BCUT2D eigenvalue weighted by Gasteiger charge is -2.34. The normalized spacial score (nSPS) is 17.2. The van der Waals surface area contributed by atoms with E-state index in [1.54, 1.807) is 0 Å². The van der Waals surface area contributed by atoms with E-state index in [2.05, 4.69) is 5.32 Å². The van der Waals surface area contributed by atoms with Gasteiger partial charge in [0.2, 0.25) is 5.91 Å². The van der Waals surface area contributed by atoms with Gasteiger partial charge in [-0.05, 0) is 26.0 Å². The lowest BCUT2D eigenvalue weighted by atomic mass is 9.89. The Morgan fingerprint density at radius 3 is 2.59 bits per heavy atom. The second-order valence-corrected chi connectivity index (χ2v) is 6.49. The zero-order chi connectivity index (χ0) is 12.5. The van der Waals surface area contributed by atoms with Gasteiger partial charge in [-0.1, -0.05) is 11.6 Å². The summed E-state index contributed by atoms with van der Waals surface area (Å²) in [6.45, 7) is 7.29. The first-order valence-electron chi connectivity index (χ1n) is 5.78. The number of hydrogen-bond acceptors (Lipinski definition) is 3. The molecule has 0 radical (unpaired) electrons. The van der Waals surface area contributed by atoms with E-state index in [1.165, 1.54) is 11.3 Å². The Kier molecular flexibility index (Phi) is 3.76. The third-order valence-electron chi connectivity index (χ3n) is 3.13. The largest absolute Gasteiger partial charge is 0.339 e. The molecule has 1 amide bonds. The highest BCUT2D eigenvalue weighted by Gasteiger charge is 2.35. The van der Waals surface area contributed by atoms with Crippen molar-refractivity contribution in [1.29, 1.82) is 0 Å². The van der Waals surface area contributed by atoms with Crippen molar-refractivity contribution in [2.45, 2.75) is 19.3 Å². The molecule has 0 atom stereocenters. The van der Waals surface area contributed by atoms with Crippen molar-refractivity contribution >= 4 is 28.8 Å². The highest BCUT2D eigenvalue weighted by atomic mass is 35.5. The van der Waals surface area contributed by atoms with Gasteiger partial charge in [0.05, 0.1) is 9.75 Å². The average Bonchev–Trinajstić information content (AvgIpc) is 2.77. The van der Waals surface area contributed by atoms with Gasteiger partial charge in [0.25, 0.3) is 0 Å². The molecule has 1 fully saturated rings. The highest BCUT2D eigenvalue weighted by Crippen LogP contribution is 2.33. The third-order valence-corrected chi connectivity index (χ3v) is 4.68. The summed E-state index contributed by atoms with van der Waals surface area (Å²) in [6.07, 6.45) is 0. The van der Waals surface area contributed by atoms with Gasteiger partial charge in [0.1, 0.15) is 0 Å². The number of amides is 1. The van der Waals surface area contributed by atoms with Gasteiger partial charge in [0, 0.05) is 31.1 Å². The fourth-order valence-electron chi connectivity index (χ4n) is 2.02. The highest BCUT2D eigenvalue weighted by molar-refractivity contribution is 7.16. The van der Waals surface area contributed by atoms with Crippen LogP contribution in [0.3, 0.4) is 0 Å². The standard InChI is InChI=1S/C12H17ClN2OS/c1-12(2,9-3-4-10(13)17-9)11(16)15-7-5-14-6-8-15/h3-4,14H,5-8H2,1-2H3. The predicted octanol–water partition coefficient (Wildman–Crippen LogP) is 2.11. The number of nitrogens with zero attached hydrogens (tertiary/aromatic N) is 1. The molecule has 3 nitrogen and oxygen atoms in total.